The number of allylic oxidation sites excluding steroid dienone is 4. The molecule has 8 atom stereocenters. The summed E-state index contributed by atoms with van der Waals surface area (Å²) in [6.45, 7) is 13.2. The molecular formula is C32H43NO5. The molecule has 5 rings (SSSR count). The lowest BCUT2D eigenvalue weighted by atomic mass is 9.34. The summed E-state index contributed by atoms with van der Waals surface area (Å²) in [5.41, 5.74) is -1.94. The predicted octanol–water partition coefficient (Wildman–Crippen LogP) is 5.92. The molecule has 5 aliphatic rings. The number of aliphatic carboxylic acids is 1. The second-order valence-electron chi connectivity index (χ2n) is 14.8. The highest BCUT2D eigenvalue weighted by molar-refractivity contribution is 6.05. The molecule has 38 heavy (non-hydrogen) atoms. The van der Waals surface area contributed by atoms with Gasteiger partial charge in [-0.1, -0.05) is 46.3 Å². The van der Waals surface area contributed by atoms with Gasteiger partial charge in [-0.15, -0.1) is 0 Å². The number of carboxylic acids is 1. The zero-order valence-electron chi connectivity index (χ0n) is 24.1. The number of carbonyl (C=O) groups excluding carboxylic acids is 2. The fourth-order valence-electron chi connectivity index (χ4n) is 10.3. The average molecular weight is 522 g/mol. The normalized spacial score (nSPS) is 47.4. The Balaban J connectivity index is 1.70. The van der Waals surface area contributed by atoms with Gasteiger partial charge in [0.2, 0.25) is 0 Å². The molecule has 5 aliphatic carbocycles. The van der Waals surface area contributed by atoms with Crippen molar-refractivity contribution >= 4 is 17.5 Å². The van der Waals surface area contributed by atoms with Gasteiger partial charge in [-0.25, -0.2) is 0 Å². The first-order valence-corrected chi connectivity index (χ1v) is 14.2. The second kappa shape index (κ2) is 8.13. The van der Waals surface area contributed by atoms with Gasteiger partial charge in [-0.3, -0.25) is 14.4 Å². The van der Waals surface area contributed by atoms with Crippen LogP contribution >= 0.6 is 0 Å². The molecule has 0 aliphatic heterocycles. The highest BCUT2D eigenvalue weighted by Gasteiger charge is 2.71. The summed E-state index contributed by atoms with van der Waals surface area (Å²) in [4.78, 5) is 40.6. The number of rotatable bonds is 3. The molecule has 0 radical (unpaired) electrons. The minimum absolute atomic E-state index is 0.00713. The number of ketones is 2. The Labute approximate surface area is 226 Å². The molecule has 0 saturated heterocycles. The van der Waals surface area contributed by atoms with E-state index >= 15 is 0 Å². The number of ether oxygens (including phenoxy) is 1. The Kier molecular flexibility index (Phi) is 5.84. The smallest absolute Gasteiger partial charge is 0.309 e. The molecule has 0 aromatic rings. The van der Waals surface area contributed by atoms with Crippen LogP contribution in [0.4, 0.5) is 0 Å². The van der Waals surface area contributed by atoms with Crippen molar-refractivity contribution < 1.29 is 24.2 Å². The van der Waals surface area contributed by atoms with Crippen LogP contribution < -0.4 is 0 Å². The van der Waals surface area contributed by atoms with Gasteiger partial charge in [-0.05, 0) is 86.0 Å². The van der Waals surface area contributed by atoms with Crippen LogP contribution in [-0.2, 0) is 19.1 Å². The molecule has 0 spiro atoms. The summed E-state index contributed by atoms with van der Waals surface area (Å²) in [5, 5.41) is 20.5. The minimum Gasteiger partial charge on any atom is -0.481 e. The largest absolute Gasteiger partial charge is 0.481 e. The molecule has 1 N–H and O–H groups in total. The highest BCUT2D eigenvalue weighted by Crippen LogP contribution is 2.74. The van der Waals surface area contributed by atoms with Crippen molar-refractivity contribution in [3.8, 4) is 6.07 Å². The molecule has 6 nitrogen and oxygen atoms in total. The number of hydrogen-bond donors (Lipinski definition) is 1. The van der Waals surface area contributed by atoms with E-state index in [9.17, 15) is 24.8 Å². The van der Waals surface area contributed by atoms with E-state index in [2.05, 4.69) is 40.7 Å². The molecule has 206 valence electrons. The van der Waals surface area contributed by atoms with Crippen molar-refractivity contribution in [2.75, 3.05) is 13.7 Å². The number of fused-ring (bicyclic) bond motifs is 7. The first kappa shape index (κ1) is 27.3. The number of nitriles is 1. The van der Waals surface area contributed by atoms with E-state index in [4.69, 9.17) is 4.74 Å². The maximum Gasteiger partial charge on any atom is 0.309 e. The third kappa shape index (κ3) is 3.17. The molecule has 3 fully saturated rings. The number of hydrogen-bond acceptors (Lipinski definition) is 5. The molecule has 0 aromatic heterocycles. The van der Waals surface area contributed by atoms with Gasteiger partial charge in [0.15, 0.2) is 11.6 Å². The average Bonchev–Trinajstić information content (AvgIpc) is 2.82. The van der Waals surface area contributed by atoms with E-state index in [0.29, 0.717) is 19.3 Å². The van der Waals surface area contributed by atoms with E-state index in [1.807, 2.05) is 19.1 Å². The van der Waals surface area contributed by atoms with Crippen molar-refractivity contribution in [1.82, 2.24) is 0 Å². The Hall–Kier alpha value is -2.26. The Morgan fingerprint density at radius 2 is 1.74 bits per heavy atom. The molecular weight excluding hydrogens is 478 g/mol. The Morgan fingerprint density at radius 1 is 1.08 bits per heavy atom. The predicted molar refractivity (Wildman–Crippen MR) is 143 cm³/mol. The number of carbonyl (C=O) groups is 3. The molecule has 0 amide bonds. The van der Waals surface area contributed by atoms with Crippen molar-refractivity contribution in [3.05, 3.63) is 23.3 Å². The van der Waals surface area contributed by atoms with Gasteiger partial charge in [0, 0.05) is 18.4 Å². The zero-order valence-corrected chi connectivity index (χ0v) is 24.1. The van der Waals surface area contributed by atoms with Crippen LogP contribution in [-0.4, -0.2) is 36.4 Å². The summed E-state index contributed by atoms with van der Waals surface area (Å²) in [6, 6.07) is 2.15. The minimum atomic E-state index is -0.856. The van der Waals surface area contributed by atoms with Crippen LogP contribution in [0.3, 0.4) is 0 Å². The van der Waals surface area contributed by atoms with Crippen LogP contribution in [0, 0.1) is 61.6 Å². The SMILES string of the molecule is COC[C@]1(C)C(=O)C(C#N)=C[C@]2(C)C3=CC(=O)[C@@H]4[C@@H]5CC(C)(C)CC[C@]5(C(=O)O)CC[C@@]4(C)[C@]3(C)CC[C@H]21. The van der Waals surface area contributed by atoms with E-state index in [-0.39, 0.29) is 52.3 Å². The molecule has 0 bridgehead atoms. The summed E-state index contributed by atoms with van der Waals surface area (Å²) in [6.07, 6.45) is 8.76. The van der Waals surface area contributed by atoms with Gasteiger partial charge in [0.05, 0.1) is 23.0 Å². The van der Waals surface area contributed by atoms with E-state index in [1.54, 1.807) is 7.11 Å². The van der Waals surface area contributed by atoms with Gasteiger partial charge in [0.25, 0.3) is 0 Å². The molecule has 3 saturated carbocycles. The summed E-state index contributed by atoms with van der Waals surface area (Å²) in [7, 11) is 1.59. The van der Waals surface area contributed by atoms with Crippen LogP contribution in [0.5, 0.6) is 0 Å². The monoisotopic (exact) mass is 521 g/mol. The fourth-order valence-corrected chi connectivity index (χ4v) is 10.3. The van der Waals surface area contributed by atoms with Gasteiger partial charge < -0.3 is 9.84 Å². The lowest BCUT2D eigenvalue weighted by Gasteiger charge is -2.68. The molecule has 0 aromatic carbocycles. The van der Waals surface area contributed by atoms with Crippen molar-refractivity contribution in [2.24, 2.45) is 50.2 Å². The van der Waals surface area contributed by atoms with Gasteiger partial charge in [0.1, 0.15) is 6.07 Å². The highest BCUT2D eigenvalue weighted by atomic mass is 16.5. The number of carboxylic acid groups (broad SMARTS) is 1. The standard InChI is InChI=1S/C32H43NO5/c1-27(2)10-12-32(26(36)37)13-11-31(6)24(20(32)16-27)21(34)14-23-28(3)15-19(17-33)25(35)29(4,18-38-7)22(28)8-9-30(23,31)5/h14-15,20,22,24H,8-13,16,18H2,1-7H3,(H,36,37)/t20-,22+,24-,28-,29-,30+,31+,32-/m0/s1. The Bertz CT molecular complexity index is 1220. The number of methoxy groups -OCH3 is 1. The molecule has 0 heterocycles. The third-order valence-corrected chi connectivity index (χ3v) is 12.6. The first-order chi connectivity index (χ1) is 17.6. The zero-order chi connectivity index (χ0) is 28.1. The van der Waals surface area contributed by atoms with Crippen LogP contribution in [0.1, 0.15) is 86.5 Å². The van der Waals surface area contributed by atoms with Crippen molar-refractivity contribution in [3.63, 3.8) is 0 Å². The van der Waals surface area contributed by atoms with E-state index in [1.165, 1.54) is 0 Å². The van der Waals surface area contributed by atoms with Crippen LogP contribution in [0.25, 0.3) is 0 Å². The van der Waals surface area contributed by atoms with Gasteiger partial charge in [-0.2, -0.15) is 5.26 Å². The number of nitrogens with zero attached hydrogens (tertiary/aromatic N) is 1. The number of Topliss-reactive ketones (excluding diaryl/α,β-unsaturated/α-hetero) is 1. The van der Waals surface area contributed by atoms with Crippen LogP contribution in [0.2, 0.25) is 0 Å². The topological polar surface area (TPSA) is 104 Å². The maximum atomic E-state index is 14.3. The van der Waals surface area contributed by atoms with Crippen LogP contribution in [0.15, 0.2) is 23.3 Å². The fraction of sp³-hybridized carbons (Fsp3) is 0.750. The molecule has 0 unspecified atom stereocenters. The molecule has 6 heteroatoms. The summed E-state index contributed by atoms with van der Waals surface area (Å²) < 4.78 is 5.54. The van der Waals surface area contributed by atoms with Gasteiger partial charge >= 0.3 is 5.97 Å². The quantitative estimate of drug-likeness (QED) is 0.494. The van der Waals surface area contributed by atoms with Crippen molar-refractivity contribution in [2.45, 2.75) is 86.5 Å². The first-order valence-electron chi connectivity index (χ1n) is 14.2. The van der Waals surface area contributed by atoms with E-state index in [0.717, 1.165) is 31.3 Å². The lowest BCUT2D eigenvalue weighted by Crippen LogP contribution is -2.66. The summed E-state index contributed by atoms with van der Waals surface area (Å²) >= 11 is 0. The lowest BCUT2D eigenvalue weighted by molar-refractivity contribution is -0.189. The third-order valence-electron chi connectivity index (χ3n) is 12.6. The Morgan fingerprint density at radius 3 is 2.34 bits per heavy atom. The van der Waals surface area contributed by atoms with E-state index < -0.39 is 27.6 Å². The maximum absolute atomic E-state index is 14.3. The summed E-state index contributed by atoms with van der Waals surface area (Å²) in [5.74, 6) is -1.53. The van der Waals surface area contributed by atoms with Crippen molar-refractivity contribution in [1.29, 1.82) is 5.26 Å². The second-order valence-corrected chi connectivity index (χ2v) is 14.8.